The number of carbonyl (C=O) groups excluding carboxylic acids is 4. The second kappa shape index (κ2) is 26.4. The molecule has 0 aliphatic rings. The van der Waals surface area contributed by atoms with Gasteiger partial charge in [0.25, 0.3) is 0 Å². The average molecular weight is 713 g/mol. The zero-order valence-corrected chi connectivity index (χ0v) is 30.4. The summed E-state index contributed by atoms with van der Waals surface area (Å²) in [5.41, 5.74) is -0.142. The van der Waals surface area contributed by atoms with E-state index in [4.69, 9.17) is 9.47 Å². The number of ether oxygens (including phenoxy) is 2. The number of phenols is 2. The Morgan fingerprint density at radius 1 is 0.558 bits per heavy atom. The van der Waals surface area contributed by atoms with E-state index in [1.54, 1.807) is 0 Å². The van der Waals surface area contributed by atoms with Gasteiger partial charge in [-0.1, -0.05) is 100 Å². The number of phenolic OH excluding ortho intramolecular Hbond substituents is 2. The van der Waals surface area contributed by atoms with Crippen molar-refractivity contribution < 1.29 is 38.9 Å². The minimum Gasteiger partial charge on any atom is -0.507 e. The molecule has 52 heavy (non-hydrogen) atoms. The molecule has 10 nitrogen and oxygen atoms in total. The van der Waals surface area contributed by atoms with Crippen molar-refractivity contribution in [2.75, 3.05) is 0 Å². The number of benzene rings is 2. The summed E-state index contributed by atoms with van der Waals surface area (Å²) in [6.07, 6.45) is 31.7. The van der Waals surface area contributed by atoms with E-state index in [1.165, 1.54) is 36.4 Å². The molecule has 0 saturated heterocycles. The predicted octanol–water partition coefficient (Wildman–Crippen LogP) is 11.2. The van der Waals surface area contributed by atoms with Crippen molar-refractivity contribution >= 4 is 35.3 Å². The third-order valence-electron chi connectivity index (χ3n) is 7.49. The Labute approximate surface area is 307 Å². The van der Waals surface area contributed by atoms with Crippen molar-refractivity contribution in [3.63, 3.8) is 0 Å². The lowest BCUT2D eigenvalue weighted by Gasteiger charge is -2.06. The molecule has 10 heteroatoms. The first-order valence-electron chi connectivity index (χ1n) is 18.1. The maximum atomic E-state index is 12.5. The summed E-state index contributed by atoms with van der Waals surface area (Å²) < 4.78 is 9.77. The fourth-order valence-corrected chi connectivity index (χ4v) is 4.64. The molecule has 0 radical (unpaired) electrons. The molecular formula is C42H52N2O8. The standard InChI is InChI=1S/C42H52N2O8/c1-3-5-7-9-10-11-12-13-14-15-16-17-18-19-20-22-24-26-39(47)51-41(49)35-29-27-34(32-38(35)46)44-43-33-28-30-37(45)36(31-33)42(50)52-40(48)25-23-21-8-6-4-2/h5,7,10-11,13-14,16-17,19-20,27-32,45-46H,3-4,6,8-9,12,15,18,21-26H2,1-2H3/b7-5-,11-10-,14-13-,17-16-,20-19-,44-43?. The van der Waals surface area contributed by atoms with E-state index in [0.717, 1.165) is 57.8 Å². The summed E-state index contributed by atoms with van der Waals surface area (Å²) in [5, 5.41) is 28.5. The fraction of sp³-hybridized carbons (Fsp3) is 0.381. The first-order chi connectivity index (χ1) is 25.2. The number of azo groups is 1. The molecule has 0 fully saturated rings. The molecule has 0 spiro atoms. The van der Waals surface area contributed by atoms with E-state index in [0.29, 0.717) is 19.3 Å². The third kappa shape index (κ3) is 18.6. The van der Waals surface area contributed by atoms with E-state index in [-0.39, 0.29) is 41.1 Å². The lowest BCUT2D eigenvalue weighted by Crippen LogP contribution is -2.12. The SMILES string of the molecule is CC/C=C\C/C=C\C/C=C\C/C=C\C/C=C\CCCC(=O)OC(=O)c1ccc(N=Nc2ccc(O)c(C(=O)OC(=O)CCCCCCC)c2)cc1O. The van der Waals surface area contributed by atoms with Gasteiger partial charge >= 0.3 is 23.9 Å². The monoisotopic (exact) mass is 712 g/mol. The third-order valence-corrected chi connectivity index (χ3v) is 7.49. The van der Waals surface area contributed by atoms with Crippen LogP contribution >= 0.6 is 0 Å². The number of unbranched alkanes of at least 4 members (excludes halogenated alkanes) is 5. The van der Waals surface area contributed by atoms with Gasteiger partial charge < -0.3 is 19.7 Å². The summed E-state index contributed by atoms with van der Waals surface area (Å²) in [7, 11) is 0. The summed E-state index contributed by atoms with van der Waals surface area (Å²) >= 11 is 0. The molecule has 2 N–H and O–H groups in total. The van der Waals surface area contributed by atoms with Gasteiger partial charge in [-0.25, -0.2) is 9.59 Å². The Balaban J connectivity index is 1.74. The molecule has 0 heterocycles. The van der Waals surface area contributed by atoms with E-state index in [1.807, 2.05) is 12.2 Å². The first kappa shape index (κ1) is 42.8. The number of hydrogen-bond donors (Lipinski definition) is 2. The molecule has 0 bridgehead atoms. The van der Waals surface area contributed by atoms with Crippen LogP contribution in [-0.2, 0) is 19.1 Å². The van der Waals surface area contributed by atoms with Gasteiger partial charge in [0, 0.05) is 18.9 Å². The molecule has 2 aromatic carbocycles. The highest BCUT2D eigenvalue weighted by Gasteiger charge is 2.19. The molecule has 0 aliphatic carbocycles. The van der Waals surface area contributed by atoms with Crippen LogP contribution in [-0.4, -0.2) is 34.1 Å². The quantitative estimate of drug-likeness (QED) is 0.0379. The van der Waals surface area contributed by atoms with Crippen molar-refractivity contribution in [2.24, 2.45) is 10.2 Å². The van der Waals surface area contributed by atoms with Crippen LogP contribution in [0.1, 0.15) is 124 Å². The van der Waals surface area contributed by atoms with Crippen LogP contribution in [0.4, 0.5) is 11.4 Å². The predicted molar refractivity (Wildman–Crippen MR) is 203 cm³/mol. The van der Waals surface area contributed by atoms with Crippen molar-refractivity contribution in [2.45, 2.75) is 104 Å². The molecule has 0 saturated carbocycles. The molecule has 2 aromatic rings. The lowest BCUT2D eigenvalue weighted by atomic mass is 10.1. The zero-order valence-electron chi connectivity index (χ0n) is 30.4. The van der Waals surface area contributed by atoms with E-state index in [2.05, 4.69) is 72.7 Å². The van der Waals surface area contributed by atoms with Crippen LogP contribution in [0, 0.1) is 0 Å². The molecule has 0 aliphatic heterocycles. The van der Waals surface area contributed by atoms with Crippen LogP contribution in [0.3, 0.4) is 0 Å². The average Bonchev–Trinajstić information content (AvgIpc) is 3.12. The Morgan fingerprint density at radius 3 is 1.63 bits per heavy atom. The van der Waals surface area contributed by atoms with Crippen molar-refractivity contribution in [3.05, 3.63) is 108 Å². The molecule has 278 valence electrons. The van der Waals surface area contributed by atoms with Crippen LogP contribution in [0.25, 0.3) is 0 Å². The van der Waals surface area contributed by atoms with E-state index in [9.17, 15) is 29.4 Å². The topological polar surface area (TPSA) is 152 Å². The number of aromatic hydroxyl groups is 2. The van der Waals surface area contributed by atoms with Gasteiger partial charge in [0.05, 0.1) is 11.4 Å². The maximum Gasteiger partial charge on any atom is 0.349 e. The zero-order chi connectivity index (χ0) is 37.8. The largest absolute Gasteiger partial charge is 0.507 e. The van der Waals surface area contributed by atoms with Crippen molar-refractivity contribution in [3.8, 4) is 11.5 Å². The minimum atomic E-state index is -1.00. The minimum absolute atomic E-state index is 0.0441. The van der Waals surface area contributed by atoms with Gasteiger partial charge in [0.1, 0.15) is 22.6 Å². The fourth-order valence-electron chi connectivity index (χ4n) is 4.64. The maximum absolute atomic E-state index is 12.5. The molecule has 2 rings (SSSR count). The normalized spacial score (nSPS) is 12.0. The summed E-state index contributed by atoms with van der Waals surface area (Å²) in [4.78, 5) is 49.2. The number of allylic oxidation sites excluding steroid dienone is 10. The van der Waals surface area contributed by atoms with Crippen LogP contribution < -0.4 is 0 Å². The molecule has 0 unspecified atom stereocenters. The Bertz CT molecular complexity index is 1620. The number of carbonyl (C=O) groups is 4. The summed E-state index contributed by atoms with van der Waals surface area (Å²) in [5.74, 6) is -4.21. The molecule has 0 atom stereocenters. The number of esters is 4. The second-order valence-electron chi connectivity index (χ2n) is 11.9. The highest BCUT2D eigenvalue weighted by molar-refractivity contribution is 6.00. The van der Waals surface area contributed by atoms with Crippen LogP contribution in [0.5, 0.6) is 11.5 Å². The van der Waals surface area contributed by atoms with Crippen molar-refractivity contribution in [1.29, 1.82) is 0 Å². The van der Waals surface area contributed by atoms with Gasteiger partial charge in [-0.2, -0.15) is 10.2 Å². The molecule has 0 aromatic heterocycles. The van der Waals surface area contributed by atoms with Gasteiger partial charge in [-0.3, -0.25) is 9.59 Å². The Hall–Kier alpha value is -5.38. The Morgan fingerprint density at radius 2 is 1.06 bits per heavy atom. The summed E-state index contributed by atoms with van der Waals surface area (Å²) in [6.45, 7) is 4.22. The number of nitrogens with zero attached hydrogens (tertiary/aromatic N) is 2. The number of hydrogen-bond acceptors (Lipinski definition) is 10. The highest BCUT2D eigenvalue weighted by atomic mass is 16.6. The number of rotatable bonds is 23. The van der Waals surface area contributed by atoms with Gasteiger partial charge in [-0.15, -0.1) is 0 Å². The molecular weight excluding hydrogens is 660 g/mol. The van der Waals surface area contributed by atoms with Gasteiger partial charge in [-0.05, 0) is 81.7 Å². The lowest BCUT2D eigenvalue weighted by molar-refractivity contribution is -0.139. The van der Waals surface area contributed by atoms with Crippen molar-refractivity contribution in [1.82, 2.24) is 0 Å². The Kier molecular flexibility index (Phi) is 21.7. The first-order valence-corrected chi connectivity index (χ1v) is 18.1. The highest BCUT2D eigenvalue weighted by Crippen LogP contribution is 2.29. The molecule has 0 amide bonds. The van der Waals surface area contributed by atoms with Gasteiger partial charge in [0.2, 0.25) is 0 Å². The van der Waals surface area contributed by atoms with Crippen LogP contribution in [0.2, 0.25) is 0 Å². The van der Waals surface area contributed by atoms with E-state index < -0.39 is 29.6 Å². The summed E-state index contributed by atoms with van der Waals surface area (Å²) in [6, 6.07) is 7.64. The van der Waals surface area contributed by atoms with Crippen LogP contribution in [0.15, 0.2) is 107 Å². The van der Waals surface area contributed by atoms with E-state index >= 15 is 0 Å². The second-order valence-corrected chi connectivity index (χ2v) is 11.9. The van der Waals surface area contributed by atoms with Gasteiger partial charge in [0.15, 0.2) is 0 Å². The smallest absolute Gasteiger partial charge is 0.349 e.